The summed E-state index contributed by atoms with van der Waals surface area (Å²) in [6, 6.07) is 14.2. The lowest BCUT2D eigenvalue weighted by molar-refractivity contribution is -0.118. The Morgan fingerprint density at radius 2 is 1.81 bits per heavy atom. The van der Waals surface area contributed by atoms with Crippen molar-refractivity contribution in [1.82, 2.24) is 0 Å². The quantitative estimate of drug-likeness (QED) is 0.801. The van der Waals surface area contributed by atoms with E-state index in [1.807, 2.05) is 19.1 Å². The van der Waals surface area contributed by atoms with Crippen LogP contribution in [-0.4, -0.2) is 19.1 Å². The molecule has 0 aliphatic heterocycles. The van der Waals surface area contributed by atoms with Gasteiger partial charge in [0.2, 0.25) is 0 Å². The zero-order chi connectivity index (χ0) is 15.1. The number of carbonyl (C=O) groups excluding carboxylic acids is 1. The molecule has 110 valence electrons. The van der Waals surface area contributed by atoms with Gasteiger partial charge in [-0.3, -0.25) is 4.79 Å². The molecule has 1 amide bonds. The first kappa shape index (κ1) is 14.7. The number of para-hydroxylation sites is 2. The molecule has 2 rings (SSSR count). The molecule has 0 spiro atoms. The fraction of sp³-hybridized carbons (Fsp3) is 0.188. The maximum atomic E-state index is 11.8. The van der Waals surface area contributed by atoms with E-state index < -0.39 is 0 Å². The number of nitrogen functional groups attached to an aromatic ring is 1. The Bertz CT molecular complexity index is 614. The normalized spacial score (nSPS) is 9.95. The van der Waals surface area contributed by atoms with Gasteiger partial charge in [-0.1, -0.05) is 18.2 Å². The smallest absolute Gasteiger partial charge is 0.262 e. The van der Waals surface area contributed by atoms with Gasteiger partial charge >= 0.3 is 0 Å². The van der Waals surface area contributed by atoms with Crippen molar-refractivity contribution in [3.8, 4) is 11.5 Å². The van der Waals surface area contributed by atoms with Gasteiger partial charge in [-0.2, -0.15) is 0 Å². The van der Waals surface area contributed by atoms with Gasteiger partial charge in [-0.15, -0.1) is 0 Å². The molecule has 0 saturated carbocycles. The maximum absolute atomic E-state index is 11.8. The summed E-state index contributed by atoms with van der Waals surface area (Å²) in [5.74, 6) is 0.908. The molecule has 0 unspecified atom stereocenters. The summed E-state index contributed by atoms with van der Waals surface area (Å²) in [5.41, 5.74) is 6.89. The van der Waals surface area contributed by atoms with E-state index in [1.165, 1.54) is 0 Å². The number of amides is 1. The first-order valence-corrected chi connectivity index (χ1v) is 6.69. The molecular weight excluding hydrogens is 268 g/mol. The van der Waals surface area contributed by atoms with Gasteiger partial charge in [0.05, 0.1) is 6.61 Å². The van der Waals surface area contributed by atoms with E-state index in [9.17, 15) is 4.79 Å². The monoisotopic (exact) mass is 286 g/mol. The van der Waals surface area contributed by atoms with E-state index in [1.54, 1.807) is 36.4 Å². The van der Waals surface area contributed by atoms with Crippen molar-refractivity contribution < 1.29 is 14.3 Å². The number of hydrogen-bond donors (Lipinski definition) is 2. The van der Waals surface area contributed by atoms with Crippen molar-refractivity contribution in [2.45, 2.75) is 6.92 Å². The van der Waals surface area contributed by atoms with Crippen LogP contribution in [0.3, 0.4) is 0 Å². The minimum Gasteiger partial charge on any atom is -0.490 e. The third kappa shape index (κ3) is 4.42. The predicted molar refractivity (Wildman–Crippen MR) is 82.6 cm³/mol. The van der Waals surface area contributed by atoms with Crippen molar-refractivity contribution in [1.29, 1.82) is 0 Å². The third-order valence-corrected chi connectivity index (χ3v) is 2.68. The van der Waals surface area contributed by atoms with Crippen LogP contribution in [0.25, 0.3) is 0 Å². The molecule has 0 fully saturated rings. The lowest BCUT2D eigenvalue weighted by Crippen LogP contribution is -2.20. The largest absolute Gasteiger partial charge is 0.490 e. The summed E-state index contributed by atoms with van der Waals surface area (Å²) in [6.07, 6.45) is 0. The number of nitrogens with one attached hydrogen (secondary N) is 1. The average Bonchev–Trinajstić information content (AvgIpc) is 2.47. The van der Waals surface area contributed by atoms with E-state index >= 15 is 0 Å². The molecule has 0 aromatic heterocycles. The second-order valence-electron chi connectivity index (χ2n) is 4.34. The number of carbonyl (C=O) groups is 1. The van der Waals surface area contributed by atoms with Gasteiger partial charge in [-0.25, -0.2) is 0 Å². The second-order valence-corrected chi connectivity index (χ2v) is 4.34. The Kier molecular flexibility index (Phi) is 5.04. The van der Waals surface area contributed by atoms with E-state index in [4.69, 9.17) is 15.2 Å². The second kappa shape index (κ2) is 7.19. The highest BCUT2D eigenvalue weighted by Gasteiger charge is 2.07. The molecule has 3 N–H and O–H groups in total. The molecule has 5 nitrogen and oxygen atoms in total. The van der Waals surface area contributed by atoms with Crippen LogP contribution in [0.2, 0.25) is 0 Å². The molecule has 2 aromatic carbocycles. The zero-order valence-electron chi connectivity index (χ0n) is 11.8. The standard InChI is InChI=1S/C16H18N2O3/c1-2-20-14-8-3-4-9-15(14)21-11-16(19)18-13-7-5-6-12(17)10-13/h3-10H,2,11,17H2,1H3,(H,18,19). The van der Waals surface area contributed by atoms with Gasteiger partial charge in [0, 0.05) is 11.4 Å². The molecule has 0 bridgehead atoms. The highest BCUT2D eigenvalue weighted by molar-refractivity contribution is 5.92. The Morgan fingerprint density at radius 3 is 2.48 bits per heavy atom. The lowest BCUT2D eigenvalue weighted by Gasteiger charge is -2.11. The predicted octanol–water partition coefficient (Wildman–Crippen LogP) is 2.68. The third-order valence-electron chi connectivity index (χ3n) is 2.68. The number of nitrogens with two attached hydrogens (primary N) is 1. The van der Waals surface area contributed by atoms with Crippen LogP contribution in [0, 0.1) is 0 Å². The number of anilines is 2. The number of ether oxygens (including phenoxy) is 2. The van der Waals surface area contributed by atoms with Crippen molar-refractivity contribution in [2.75, 3.05) is 24.3 Å². The van der Waals surface area contributed by atoms with Crippen LogP contribution < -0.4 is 20.5 Å². The first-order chi connectivity index (χ1) is 10.2. The average molecular weight is 286 g/mol. The van der Waals surface area contributed by atoms with E-state index in [-0.39, 0.29) is 12.5 Å². The van der Waals surface area contributed by atoms with Crippen molar-refractivity contribution in [2.24, 2.45) is 0 Å². The molecule has 0 aliphatic carbocycles. The number of hydrogen-bond acceptors (Lipinski definition) is 4. The maximum Gasteiger partial charge on any atom is 0.262 e. The first-order valence-electron chi connectivity index (χ1n) is 6.69. The molecule has 5 heteroatoms. The van der Waals surface area contributed by atoms with Crippen molar-refractivity contribution in [3.05, 3.63) is 48.5 Å². The summed E-state index contributed by atoms with van der Waals surface area (Å²) in [4.78, 5) is 11.8. The van der Waals surface area contributed by atoms with Crippen molar-refractivity contribution >= 4 is 17.3 Å². The Labute approximate surface area is 123 Å². The van der Waals surface area contributed by atoms with Crippen LogP contribution in [-0.2, 0) is 4.79 Å². The molecule has 0 atom stereocenters. The van der Waals surface area contributed by atoms with E-state index in [0.717, 1.165) is 0 Å². The van der Waals surface area contributed by atoms with Crippen LogP contribution in [0.4, 0.5) is 11.4 Å². The molecular formula is C16H18N2O3. The summed E-state index contributed by atoms with van der Waals surface area (Å²) >= 11 is 0. The molecule has 21 heavy (non-hydrogen) atoms. The van der Waals surface area contributed by atoms with Crippen LogP contribution in [0.5, 0.6) is 11.5 Å². The van der Waals surface area contributed by atoms with E-state index in [2.05, 4.69) is 5.32 Å². The topological polar surface area (TPSA) is 73.6 Å². The van der Waals surface area contributed by atoms with Gasteiger partial charge in [0.1, 0.15) is 0 Å². The molecule has 0 aliphatic rings. The zero-order valence-corrected chi connectivity index (χ0v) is 11.8. The highest BCUT2D eigenvalue weighted by Crippen LogP contribution is 2.26. The Balaban J connectivity index is 1.92. The highest BCUT2D eigenvalue weighted by atomic mass is 16.5. The molecule has 0 radical (unpaired) electrons. The summed E-state index contributed by atoms with van der Waals surface area (Å²) < 4.78 is 10.9. The fourth-order valence-corrected chi connectivity index (χ4v) is 1.80. The van der Waals surface area contributed by atoms with Gasteiger partial charge in [0.15, 0.2) is 18.1 Å². The van der Waals surface area contributed by atoms with Gasteiger partial charge in [0.25, 0.3) is 5.91 Å². The van der Waals surface area contributed by atoms with Crippen LogP contribution in [0.1, 0.15) is 6.92 Å². The molecule has 0 saturated heterocycles. The van der Waals surface area contributed by atoms with Gasteiger partial charge < -0.3 is 20.5 Å². The summed E-state index contributed by atoms with van der Waals surface area (Å²) in [5, 5.41) is 2.72. The van der Waals surface area contributed by atoms with Crippen molar-refractivity contribution in [3.63, 3.8) is 0 Å². The molecule has 0 heterocycles. The minimum absolute atomic E-state index is 0.0983. The summed E-state index contributed by atoms with van der Waals surface area (Å²) in [6.45, 7) is 2.33. The lowest BCUT2D eigenvalue weighted by atomic mass is 10.3. The number of rotatable bonds is 6. The Hall–Kier alpha value is -2.69. The van der Waals surface area contributed by atoms with Crippen LogP contribution in [0.15, 0.2) is 48.5 Å². The van der Waals surface area contributed by atoms with Crippen LogP contribution >= 0.6 is 0 Å². The minimum atomic E-state index is -0.257. The summed E-state index contributed by atoms with van der Waals surface area (Å²) in [7, 11) is 0. The van der Waals surface area contributed by atoms with Gasteiger partial charge in [-0.05, 0) is 37.3 Å². The Morgan fingerprint density at radius 1 is 1.10 bits per heavy atom. The number of benzene rings is 2. The van der Waals surface area contributed by atoms with E-state index in [0.29, 0.717) is 29.5 Å². The molecule has 2 aromatic rings. The fourth-order valence-electron chi connectivity index (χ4n) is 1.80. The SMILES string of the molecule is CCOc1ccccc1OCC(=O)Nc1cccc(N)c1.